The van der Waals surface area contributed by atoms with E-state index in [9.17, 15) is 8.42 Å². The van der Waals surface area contributed by atoms with Gasteiger partial charge in [-0.05, 0) is 30.3 Å². The van der Waals surface area contributed by atoms with E-state index >= 15 is 0 Å². The summed E-state index contributed by atoms with van der Waals surface area (Å²) in [5, 5.41) is 2.69. The topological polar surface area (TPSA) is 52.0 Å². The number of para-hydroxylation sites is 2. The lowest BCUT2D eigenvalue weighted by Crippen LogP contribution is -2.13. The fourth-order valence-electron chi connectivity index (χ4n) is 3.39. The maximum Gasteiger partial charge on any atom is 0.269 e. The van der Waals surface area contributed by atoms with Gasteiger partial charge in [-0.25, -0.2) is 17.4 Å². The van der Waals surface area contributed by atoms with Crippen LogP contribution in [0.5, 0.6) is 0 Å². The molecule has 0 bridgehead atoms. The predicted molar refractivity (Wildman–Crippen MR) is 104 cm³/mol. The molecule has 0 aliphatic heterocycles. The van der Waals surface area contributed by atoms with Crippen molar-refractivity contribution in [1.82, 2.24) is 8.96 Å². The molecule has 0 amide bonds. The summed E-state index contributed by atoms with van der Waals surface area (Å²) < 4.78 is 28.1. The molecule has 2 aromatic heterocycles. The number of aromatic nitrogens is 2. The van der Waals surface area contributed by atoms with Crippen LogP contribution < -0.4 is 0 Å². The standard InChI is InChI=1S/C21H14N2O2S/c24-26(25,16-9-2-1-3-10-16)23-20-13-7-5-11-17(20)18-14-15-8-4-6-12-19(15)22-21(18)23/h1-14H. The molecule has 0 saturated heterocycles. The highest BCUT2D eigenvalue weighted by Crippen LogP contribution is 2.33. The third-order valence-corrected chi connectivity index (χ3v) is 6.31. The van der Waals surface area contributed by atoms with Crippen LogP contribution in [-0.4, -0.2) is 17.4 Å². The minimum absolute atomic E-state index is 0.248. The van der Waals surface area contributed by atoms with E-state index in [2.05, 4.69) is 0 Å². The van der Waals surface area contributed by atoms with Crippen LogP contribution in [0, 0.1) is 0 Å². The Morgan fingerprint density at radius 3 is 2.27 bits per heavy atom. The molecule has 0 unspecified atom stereocenters. The van der Waals surface area contributed by atoms with Crippen LogP contribution in [0.2, 0.25) is 0 Å². The monoisotopic (exact) mass is 358 g/mol. The molecule has 5 heteroatoms. The lowest BCUT2D eigenvalue weighted by atomic mass is 10.1. The molecule has 4 nitrogen and oxygen atoms in total. The highest BCUT2D eigenvalue weighted by molar-refractivity contribution is 7.90. The molecule has 0 N–H and O–H groups in total. The van der Waals surface area contributed by atoms with Crippen molar-refractivity contribution in [3.63, 3.8) is 0 Å². The van der Waals surface area contributed by atoms with E-state index in [1.54, 1.807) is 30.3 Å². The van der Waals surface area contributed by atoms with Gasteiger partial charge >= 0.3 is 0 Å². The summed E-state index contributed by atoms with van der Waals surface area (Å²) in [4.78, 5) is 4.94. The summed E-state index contributed by atoms with van der Waals surface area (Å²) in [5.74, 6) is 0. The summed E-state index contributed by atoms with van der Waals surface area (Å²) in [6.45, 7) is 0. The first-order chi connectivity index (χ1) is 12.7. The molecule has 5 rings (SSSR count). The molecule has 0 saturated carbocycles. The average molecular weight is 358 g/mol. The van der Waals surface area contributed by atoms with Gasteiger partial charge in [-0.15, -0.1) is 0 Å². The van der Waals surface area contributed by atoms with E-state index in [-0.39, 0.29) is 4.90 Å². The van der Waals surface area contributed by atoms with Gasteiger partial charge in [0.15, 0.2) is 5.65 Å². The Kier molecular flexibility index (Phi) is 3.14. The van der Waals surface area contributed by atoms with Gasteiger partial charge in [-0.2, -0.15) is 0 Å². The summed E-state index contributed by atoms with van der Waals surface area (Å²) >= 11 is 0. The molecule has 126 valence electrons. The first kappa shape index (κ1) is 15.1. The van der Waals surface area contributed by atoms with Crippen LogP contribution in [0.25, 0.3) is 32.8 Å². The molecule has 26 heavy (non-hydrogen) atoms. The van der Waals surface area contributed by atoms with Gasteiger partial charge in [0.25, 0.3) is 10.0 Å². The lowest BCUT2D eigenvalue weighted by Gasteiger charge is -2.09. The molecular formula is C21H14N2O2S. The molecule has 0 spiro atoms. The zero-order valence-corrected chi connectivity index (χ0v) is 14.5. The number of fused-ring (bicyclic) bond motifs is 4. The molecule has 3 aromatic carbocycles. The van der Waals surface area contributed by atoms with Crippen LogP contribution in [0.1, 0.15) is 0 Å². The van der Waals surface area contributed by atoms with Crippen molar-refractivity contribution in [2.45, 2.75) is 4.90 Å². The maximum absolute atomic E-state index is 13.4. The molecule has 0 atom stereocenters. The second kappa shape index (κ2) is 5.41. The van der Waals surface area contributed by atoms with Crippen LogP contribution >= 0.6 is 0 Å². The van der Waals surface area contributed by atoms with Crippen molar-refractivity contribution >= 4 is 42.9 Å². The molecule has 0 aliphatic rings. The van der Waals surface area contributed by atoms with Gasteiger partial charge < -0.3 is 0 Å². The minimum atomic E-state index is -3.76. The summed E-state index contributed by atoms with van der Waals surface area (Å²) in [6.07, 6.45) is 0. The quantitative estimate of drug-likeness (QED) is 0.464. The Morgan fingerprint density at radius 2 is 1.42 bits per heavy atom. The molecular weight excluding hydrogens is 344 g/mol. The third-order valence-electron chi connectivity index (χ3n) is 4.59. The van der Waals surface area contributed by atoms with Crippen LogP contribution in [0.4, 0.5) is 0 Å². The molecule has 2 heterocycles. The largest absolute Gasteiger partial charge is 0.269 e. The van der Waals surface area contributed by atoms with Crippen LogP contribution in [-0.2, 0) is 10.0 Å². The van der Waals surface area contributed by atoms with Gasteiger partial charge in [0.2, 0.25) is 0 Å². The van der Waals surface area contributed by atoms with Gasteiger partial charge in [0, 0.05) is 16.2 Å². The number of nitrogens with zero attached hydrogens (tertiary/aromatic N) is 2. The molecule has 0 fully saturated rings. The SMILES string of the molecule is O=S(=O)(c1ccccc1)n1c2ccccc2c2cc3ccccc3nc21. The second-order valence-electron chi connectivity index (χ2n) is 6.15. The van der Waals surface area contributed by atoms with Crippen molar-refractivity contribution in [3.8, 4) is 0 Å². The second-order valence-corrected chi connectivity index (χ2v) is 7.94. The lowest BCUT2D eigenvalue weighted by molar-refractivity contribution is 0.590. The number of hydrogen-bond donors (Lipinski definition) is 0. The van der Waals surface area contributed by atoms with Gasteiger partial charge in [-0.1, -0.05) is 54.6 Å². The number of benzene rings is 3. The highest BCUT2D eigenvalue weighted by Gasteiger charge is 2.24. The Morgan fingerprint density at radius 1 is 0.731 bits per heavy atom. The maximum atomic E-state index is 13.4. The van der Waals surface area contributed by atoms with Gasteiger partial charge in [0.1, 0.15) is 0 Å². The van der Waals surface area contributed by atoms with E-state index in [0.29, 0.717) is 11.2 Å². The molecule has 0 aliphatic carbocycles. The van der Waals surface area contributed by atoms with E-state index in [1.165, 1.54) is 3.97 Å². The molecule has 5 aromatic rings. The van der Waals surface area contributed by atoms with Crippen LogP contribution in [0.3, 0.4) is 0 Å². The first-order valence-corrected chi connectivity index (χ1v) is 9.70. The number of pyridine rings is 1. The van der Waals surface area contributed by atoms with E-state index in [4.69, 9.17) is 4.98 Å². The van der Waals surface area contributed by atoms with Crippen molar-refractivity contribution < 1.29 is 8.42 Å². The Balaban J connectivity index is 1.99. The normalized spacial score (nSPS) is 12.2. The number of rotatable bonds is 2. The predicted octanol–water partition coefficient (Wildman–Crippen LogP) is 4.58. The van der Waals surface area contributed by atoms with Crippen molar-refractivity contribution in [3.05, 3.63) is 84.9 Å². The zero-order chi connectivity index (χ0) is 17.7. The van der Waals surface area contributed by atoms with E-state index in [1.807, 2.05) is 54.6 Å². The fraction of sp³-hybridized carbons (Fsp3) is 0. The first-order valence-electron chi connectivity index (χ1n) is 8.26. The fourth-order valence-corrected chi connectivity index (χ4v) is 4.89. The highest BCUT2D eigenvalue weighted by atomic mass is 32.2. The van der Waals surface area contributed by atoms with Crippen LogP contribution in [0.15, 0.2) is 89.8 Å². The van der Waals surface area contributed by atoms with Gasteiger partial charge in [0.05, 0.1) is 15.9 Å². The summed E-state index contributed by atoms with van der Waals surface area (Å²) in [5.41, 5.74) is 1.86. The zero-order valence-electron chi connectivity index (χ0n) is 13.7. The smallest absolute Gasteiger partial charge is 0.229 e. The average Bonchev–Trinajstić information content (AvgIpc) is 3.01. The minimum Gasteiger partial charge on any atom is -0.229 e. The third kappa shape index (κ3) is 2.07. The van der Waals surface area contributed by atoms with Crippen molar-refractivity contribution in [2.24, 2.45) is 0 Å². The van der Waals surface area contributed by atoms with Crippen molar-refractivity contribution in [1.29, 1.82) is 0 Å². The summed E-state index contributed by atoms with van der Waals surface area (Å²) in [7, 11) is -3.76. The Labute approximate surface area is 150 Å². The van der Waals surface area contributed by atoms with Crippen molar-refractivity contribution in [2.75, 3.05) is 0 Å². The molecule has 0 radical (unpaired) electrons. The Bertz CT molecular complexity index is 1390. The van der Waals surface area contributed by atoms with Gasteiger partial charge in [-0.3, -0.25) is 0 Å². The van der Waals surface area contributed by atoms with E-state index < -0.39 is 10.0 Å². The number of hydrogen-bond acceptors (Lipinski definition) is 3. The summed E-state index contributed by atoms with van der Waals surface area (Å²) in [6, 6.07) is 25.7. The Hall–Kier alpha value is -3.18. The van der Waals surface area contributed by atoms with E-state index in [0.717, 1.165) is 21.7 Å².